The van der Waals surface area contributed by atoms with Crippen molar-refractivity contribution in [3.63, 3.8) is 0 Å². The van der Waals surface area contributed by atoms with E-state index in [1.165, 1.54) is 13.2 Å². The van der Waals surface area contributed by atoms with Crippen molar-refractivity contribution in [3.05, 3.63) is 85.1 Å². The van der Waals surface area contributed by atoms with Crippen molar-refractivity contribution in [1.29, 1.82) is 0 Å². The van der Waals surface area contributed by atoms with Crippen molar-refractivity contribution >= 4 is 23.2 Å². The summed E-state index contributed by atoms with van der Waals surface area (Å²) in [6.07, 6.45) is 1.09. The van der Waals surface area contributed by atoms with Crippen molar-refractivity contribution in [2.24, 2.45) is 0 Å². The Bertz CT molecular complexity index is 1180. The Labute approximate surface area is 165 Å². The predicted octanol–water partition coefficient (Wildman–Crippen LogP) is 3.06. The predicted molar refractivity (Wildman–Crippen MR) is 108 cm³/mol. The fourth-order valence-electron chi connectivity index (χ4n) is 2.70. The van der Waals surface area contributed by atoms with E-state index in [1.54, 1.807) is 30.3 Å². The first-order valence-electron chi connectivity index (χ1n) is 8.39. The molecule has 144 valence electrons. The maximum atomic E-state index is 12.9. The Hall–Kier alpha value is -3.32. The lowest BCUT2D eigenvalue weighted by molar-refractivity contribution is 0.102. The molecule has 3 rings (SSSR count). The van der Waals surface area contributed by atoms with Gasteiger partial charge in [0.15, 0.2) is 0 Å². The van der Waals surface area contributed by atoms with Crippen LogP contribution >= 0.6 is 11.6 Å². The van der Waals surface area contributed by atoms with Crippen LogP contribution in [0.2, 0.25) is 5.02 Å². The van der Waals surface area contributed by atoms with Gasteiger partial charge in [-0.2, -0.15) is 0 Å². The van der Waals surface area contributed by atoms with E-state index in [0.717, 1.165) is 21.9 Å². The molecule has 8 heteroatoms. The van der Waals surface area contributed by atoms with Gasteiger partial charge in [-0.25, -0.2) is 9.36 Å². The molecule has 28 heavy (non-hydrogen) atoms. The van der Waals surface area contributed by atoms with Gasteiger partial charge in [0.2, 0.25) is 0 Å². The number of carbonyl (C=O) groups excluding carboxylic acids is 1. The van der Waals surface area contributed by atoms with Crippen LogP contribution in [-0.4, -0.2) is 22.6 Å². The molecule has 3 aromatic rings. The number of methoxy groups -OCH3 is 1. The Morgan fingerprint density at radius 3 is 2.54 bits per heavy atom. The van der Waals surface area contributed by atoms with Gasteiger partial charge >= 0.3 is 5.69 Å². The number of rotatable bonds is 4. The Morgan fingerprint density at radius 1 is 1.11 bits per heavy atom. The van der Waals surface area contributed by atoms with Crippen molar-refractivity contribution in [2.45, 2.75) is 13.8 Å². The molecule has 0 aliphatic rings. The van der Waals surface area contributed by atoms with Crippen LogP contribution in [0.3, 0.4) is 0 Å². The maximum absolute atomic E-state index is 12.9. The molecule has 0 aliphatic carbocycles. The fraction of sp³-hybridized carbons (Fsp3) is 0.150. The third-order valence-electron chi connectivity index (χ3n) is 4.38. The van der Waals surface area contributed by atoms with Gasteiger partial charge < -0.3 is 15.0 Å². The average Bonchev–Trinajstić information content (AvgIpc) is 2.65. The number of hydrogen-bond donors (Lipinski definition) is 2. The molecule has 0 saturated heterocycles. The third kappa shape index (κ3) is 3.70. The Morgan fingerprint density at radius 2 is 1.86 bits per heavy atom. The van der Waals surface area contributed by atoms with Crippen LogP contribution in [0.15, 0.2) is 52.2 Å². The smallest absolute Gasteiger partial charge is 0.333 e. The number of aromatic amines is 1. The first-order valence-corrected chi connectivity index (χ1v) is 8.77. The van der Waals surface area contributed by atoms with E-state index in [-0.39, 0.29) is 5.56 Å². The minimum Gasteiger partial charge on any atom is -0.495 e. The van der Waals surface area contributed by atoms with Gasteiger partial charge in [0.05, 0.1) is 18.5 Å². The molecule has 0 saturated carbocycles. The Kier molecular flexibility index (Phi) is 5.37. The molecule has 0 aliphatic heterocycles. The SMILES string of the molecule is COc1ccc(Cl)cc1NC(=O)c1c[nH]c(=O)n(-c2ccc(C)c(C)c2)c1=O. The fourth-order valence-corrected chi connectivity index (χ4v) is 2.87. The van der Waals surface area contributed by atoms with E-state index in [1.807, 2.05) is 13.8 Å². The molecule has 2 aromatic carbocycles. The summed E-state index contributed by atoms with van der Waals surface area (Å²) in [5, 5.41) is 2.99. The second-order valence-electron chi connectivity index (χ2n) is 6.22. The molecule has 0 bridgehead atoms. The van der Waals surface area contributed by atoms with Crippen LogP contribution in [0.25, 0.3) is 5.69 Å². The first kappa shape index (κ1) is 19.4. The van der Waals surface area contributed by atoms with Gasteiger partial charge in [-0.3, -0.25) is 9.59 Å². The summed E-state index contributed by atoms with van der Waals surface area (Å²) < 4.78 is 6.12. The summed E-state index contributed by atoms with van der Waals surface area (Å²) in [7, 11) is 1.45. The van der Waals surface area contributed by atoms with Crippen molar-refractivity contribution in [3.8, 4) is 11.4 Å². The Balaban J connectivity index is 2.05. The second kappa shape index (κ2) is 7.74. The first-order chi connectivity index (χ1) is 13.3. The van der Waals surface area contributed by atoms with E-state index >= 15 is 0 Å². The van der Waals surface area contributed by atoms with Crippen molar-refractivity contribution < 1.29 is 9.53 Å². The van der Waals surface area contributed by atoms with Crippen LogP contribution in [0.1, 0.15) is 21.5 Å². The van der Waals surface area contributed by atoms with E-state index in [4.69, 9.17) is 16.3 Å². The molecular weight excluding hydrogens is 382 g/mol. The molecule has 1 amide bonds. The van der Waals surface area contributed by atoms with E-state index in [9.17, 15) is 14.4 Å². The van der Waals surface area contributed by atoms with Crippen molar-refractivity contribution in [2.75, 3.05) is 12.4 Å². The lowest BCUT2D eigenvalue weighted by Crippen LogP contribution is -2.38. The zero-order valence-electron chi connectivity index (χ0n) is 15.5. The molecule has 0 fully saturated rings. The minimum absolute atomic E-state index is 0.222. The highest BCUT2D eigenvalue weighted by Crippen LogP contribution is 2.27. The number of ether oxygens (including phenoxy) is 1. The second-order valence-corrected chi connectivity index (χ2v) is 6.65. The molecule has 2 N–H and O–H groups in total. The monoisotopic (exact) mass is 399 g/mol. The average molecular weight is 400 g/mol. The molecular formula is C20H18ClN3O4. The lowest BCUT2D eigenvalue weighted by Gasteiger charge is -2.12. The molecule has 0 atom stereocenters. The summed E-state index contributed by atoms with van der Waals surface area (Å²) in [6, 6.07) is 9.89. The van der Waals surface area contributed by atoms with Gasteiger partial charge in [-0.15, -0.1) is 0 Å². The zero-order valence-corrected chi connectivity index (χ0v) is 16.3. The number of carbonyl (C=O) groups is 1. The van der Waals surface area contributed by atoms with Gasteiger partial charge in [-0.1, -0.05) is 17.7 Å². The highest BCUT2D eigenvalue weighted by atomic mass is 35.5. The highest BCUT2D eigenvalue weighted by Gasteiger charge is 2.18. The van der Waals surface area contributed by atoms with E-state index in [2.05, 4.69) is 10.3 Å². The van der Waals surface area contributed by atoms with Crippen molar-refractivity contribution in [1.82, 2.24) is 9.55 Å². The number of nitrogens with zero attached hydrogens (tertiary/aromatic N) is 1. The summed E-state index contributed by atoms with van der Waals surface area (Å²) in [4.78, 5) is 40.2. The molecule has 0 radical (unpaired) electrons. The van der Waals surface area contributed by atoms with E-state index in [0.29, 0.717) is 22.1 Å². The van der Waals surface area contributed by atoms with Gasteiger partial charge in [-0.05, 0) is 55.3 Å². The topological polar surface area (TPSA) is 93.2 Å². The number of halogens is 1. The highest BCUT2D eigenvalue weighted by molar-refractivity contribution is 6.31. The van der Waals surface area contributed by atoms with Crippen LogP contribution in [0.5, 0.6) is 5.75 Å². The normalized spacial score (nSPS) is 10.6. The van der Waals surface area contributed by atoms with Crippen LogP contribution in [0, 0.1) is 13.8 Å². The summed E-state index contributed by atoms with van der Waals surface area (Å²) in [6.45, 7) is 3.80. The number of anilines is 1. The standard InChI is InChI=1S/C20H18ClN3O4/c1-11-4-6-14(8-12(11)2)24-19(26)15(10-22-20(24)27)18(25)23-16-9-13(21)5-7-17(16)28-3/h4-10H,1-3H3,(H,22,27)(H,23,25). The number of H-pyrrole nitrogens is 1. The number of benzene rings is 2. The number of hydrogen-bond acceptors (Lipinski definition) is 4. The minimum atomic E-state index is -0.731. The quantitative estimate of drug-likeness (QED) is 0.705. The number of aromatic nitrogens is 2. The number of aryl methyl sites for hydroxylation is 2. The largest absolute Gasteiger partial charge is 0.495 e. The number of nitrogens with one attached hydrogen (secondary N) is 2. The summed E-state index contributed by atoms with van der Waals surface area (Å²) in [5.41, 5.74) is 1.04. The van der Waals surface area contributed by atoms with Crippen LogP contribution in [0.4, 0.5) is 5.69 Å². The molecule has 0 unspecified atom stereocenters. The zero-order chi connectivity index (χ0) is 20.4. The number of amides is 1. The molecule has 1 aromatic heterocycles. The third-order valence-corrected chi connectivity index (χ3v) is 4.61. The van der Waals surface area contributed by atoms with Gasteiger partial charge in [0.1, 0.15) is 11.3 Å². The lowest BCUT2D eigenvalue weighted by atomic mass is 10.1. The maximum Gasteiger partial charge on any atom is 0.333 e. The molecule has 1 heterocycles. The van der Waals surface area contributed by atoms with Gasteiger partial charge in [0, 0.05) is 11.2 Å². The van der Waals surface area contributed by atoms with Crippen LogP contribution < -0.4 is 21.3 Å². The molecule has 0 spiro atoms. The summed E-state index contributed by atoms with van der Waals surface area (Å²) >= 11 is 5.97. The van der Waals surface area contributed by atoms with E-state index < -0.39 is 17.2 Å². The van der Waals surface area contributed by atoms with Gasteiger partial charge in [0.25, 0.3) is 11.5 Å². The van der Waals surface area contributed by atoms with Crippen LogP contribution in [-0.2, 0) is 0 Å². The molecule has 7 nitrogen and oxygen atoms in total. The summed E-state index contributed by atoms with van der Waals surface area (Å²) in [5.74, 6) is -0.309.